The van der Waals surface area contributed by atoms with Crippen molar-refractivity contribution in [3.8, 4) is 0 Å². The monoisotopic (exact) mass is 399 g/mol. The van der Waals surface area contributed by atoms with Gasteiger partial charge < -0.3 is 10.0 Å². The highest BCUT2D eigenvalue weighted by Gasteiger charge is 2.46. The predicted octanol–water partition coefficient (Wildman–Crippen LogP) is 3.72. The molecule has 1 fully saturated rings. The number of aryl methyl sites for hydroxylation is 2. The molecule has 0 saturated carbocycles. The topological polar surface area (TPSA) is 83.4 Å². The van der Waals surface area contributed by atoms with Crippen LogP contribution in [0.4, 0.5) is 0 Å². The highest BCUT2D eigenvalue weighted by Crippen LogP contribution is 2.40. The number of carbonyl (C=O) groups excluding carboxylic acids is 2. The molecule has 1 N–H and O–H groups in total. The molecule has 1 aromatic carbocycles. The van der Waals surface area contributed by atoms with Crippen LogP contribution in [-0.4, -0.2) is 31.7 Å². The van der Waals surface area contributed by atoms with E-state index in [-0.39, 0.29) is 17.9 Å². The maximum absolute atomic E-state index is 13.0. The summed E-state index contributed by atoms with van der Waals surface area (Å²) >= 11 is 0. The van der Waals surface area contributed by atoms with Gasteiger partial charge in [0.05, 0.1) is 23.9 Å². The Kier molecular flexibility index (Phi) is 5.14. The van der Waals surface area contributed by atoms with Crippen LogP contribution in [0.3, 0.4) is 0 Å². The van der Waals surface area contributed by atoms with Crippen LogP contribution in [-0.2, 0) is 16.1 Å². The number of pyridine rings is 2. The Balaban J connectivity index is 1.86. The second-order valence-electron chi connectivity index (χ2n) is 7.33. The summed E-state index contributed by atoms with van der Waals surface area (Å²) in [5.41, 5.74) is 4.00. The largest absolute Gasteiger partial charge is 0.507 e. The van der Waals surface area contributed by atoms with Crippen LogP contribution in [0.5, 0.6) is 0 Å². The lowest BCUT2D eigenvalue weighted by atomic mass is 9.95. The maximum Gasteiger partial charge on any atom is 0.296 e. The van der Waals surface area contributed by atoms with E-state index in [0.717, 1.165) is 11.1 Å². The second kappa shape index (κ2) is 7.91. The number of Topliss-reactive ketones (excluding diaryl/α,β-unsaturated/α-hetero) is 1. The lowest BCUT2D eigenvalue weighted by Gasteiger charge is -2.25. The van der Waals surface area contributed by atoms with Crippen LogP contribution >= 0.6 is 0 Å². The summed E-state index contributed by atoms with van der Waals surface area (Å²) in [5.74, 6) is -1.54. The minimum absolute atomic E-state index is 0.0744. The number of aliphatic hydroxyl groups is 1. The van der Waals surface area contributed by atoms with Gasteiger partial charge in [0, 0.05) is 24.2 Å². The summed E-state index contributed by atoms with van der Waals surface area (Å²) in [6.07, 6.45) is 4.85. The summed E-state index contributed by atoms with van der Waals surface area (Å²) in [4.78, 5) is 35.7. The fourth-order valence-corrected chi connectivity index (χ4v) is 3.65. The molecule has 1 amide bonds. The third-order valence-electron chi connectivity index (χ3n) is 5.40. The van der Waals surface area contributed by atoms with E-state index in [2.05, 4.69) is 9.97 Å². The Hall–Kier alpha value is -3.80. The molecule has 3 aromatic rings. The number of likely N-dealkylation sites (tertiary alicyclic amines) is 1. The quantitative estimate of drug-likeness (QED) is 0.411. The van der Waals surface area contributed by atoms with Crippen LogP contribution in [0.2, 0.25) is 0 Å². The van der Waals surface area contributed by atoms with Crippen LogP contribution in [0.1, 0.15) is 34.0 Å². The number of hydrogen-bond acceptors (Lipinski definition) is 5. The van der Waals surface area contributed by atoms with Crippen LogP contribution in [0, 0.1) is 13.8 Å². The average Bonchev–Trinajstić information content (AvgIpc) is 3.01. The molecule has 1 unspecified atom stereocenters. The first-order valence-electron chi connectivity index (χ1n) is 9.63. The van der Waals surface area contributed by atoms with Gasteiger partial charge in [0.2, 0.25) is 0 Å². The van der Waals surface area contributed by atoms with Gasteiger partial charge in [0.1, 0.15) is 5.76 Å². The van der Waals surface area contributed by atoms with Crippen molar-refractivity contribution in [1.29, 1.82) is 0 Å². The summed E-state index contributed by atoms with van der Waals surface area (Å²) < 4.78 is 0. The van der Waals surface area contributed by atoms with E-state index < -0.39 is 17.7 Å². The maximum atomic E-state index is 13.0. The summed E-state index contributed by atoms with van der Waals surface area (Å²) in [5, 5.41) is 11.1. The fourth-order valence-electron chi connectivity index (χ4n) is 3.65. The number of aliphatic hydroxyl groups excluding tert-OH is 1. The summed E-state index contributed by atoms with van der Waals surface area (Å²) in [6.45, 7) is 4.07. The molecule has 1 saturated heterocycles. The van der Waals surface area contributed by atoms with Crippen molar-refractivity contribution in [1.82, 2.24) is 14.9 Å². The third kappa shape index (κ3) is 3.48. The third-order valence-corrected chi connectivity index (χ3v) is 5.40. The molecule has 0 aliphatic carbocycles. The molecule has 0 spiro atoms. The molecule has 1 aliphatic rings. The van der Waals surface area contributed by atoms with Crippen molar-refractivity contribution in [3.05, 3.63) is 101 Å². The van der Waals surface area contributed by atoms with E-state index in [9.17, 15) is 14.7 Å². The SMILES string of the molecule is Cc1ccc(/C(O)=C2/C(=O)C(=O)N(Cc3ccccn3)C2c2ccncc2)cc1C. The summed E-state index contributed by atoms with van der Waals surface area (Å²) in [7, 11) is 0. The Morgan fingerprint density at radius 1 is 1.00 bits per heavy atom. The molecule has 1 atom stereocenters. The van der Waals surface area contributed by atoms with Gasteiger partial charge in [-0.2, -0.15) is 0 Å². The van der Waals surface area contributed by atoms with Gasteiger partial charge in [-0.3, -0.25) is 19.6 Å². The Morgan fingerprint density at radius 3 is 2.43 bits per heavy atom. The van der Waals surface area contributed by atoms with Crippen molar-refractivity contribution in [2.45, 2.75) is 26.4 Å². The standard InChI is InChI=1S/C24H21N3O3/c1-15-6-7-18(13-16(15)2)22(28)20-21(17-8-11-25-12-9-17)27(24(30)23(20)29)14-19-5-3-4-10-26-19/h3-13,21,28H,14H2,1-2H3/b22-20-. The number of carbonyl (C=O) groups is 2. The smallest absolute Gasteiger partial charge is 0.296 e. The molecule has 1 aliphatic heterocycles. The van der Waals surface area contributed by atoms with Gasteiger partial charge in [-0.1, -0.05) is 18.2 Å². The fraction of sp³-hybridized carbons (Fsp3) is 0.167. The van der Waals surface area contributed by atoms with Crippen LogP contribution in [0.15, 0.2) is 72.7 Å². The molecule has 30 heavy (non-hydrogen) atoms. The predicted molar refractivity (Wildman–Crippen MR) is 112 cm³/mol. The van der Waals surface area contributed by atoms with Gasteiger partial charge in [-0.15, -0.1) is 0 Å². The number of aromatic nitrogens is 2. The first-order chi connectivity index (χ1) is 14.5. The van der Waals surface area contributed by atoms with E-state index in [4.69, 9.17) is 0 Å². The first-order valence-corrected chi connectivity index (χ1v) is 9.63. The first kappa shape index (κ1) is 19.5. The van der Waals surface area contributed by atoms with Gasteiger partial charge in [0.25, 0.3) is 11.7 Å². The summed E-state index contributed by atoms with van der Waals surface area (Å²) in [6, 6.07) is 13.6. The zero-order valence-electron chi connectivity index (χ0n) is 16.7. The van der Waals surface area contributed by atoms with Gasteiger partial charge >= 0.3 is 0 Å². The lowest BCUT2D eigenvalue weighted by Crippen LogP contribution is -2.29. The van der Waals surface area contributed by atoms with E-state index in [1.165, 1.54) is 4.90 Å². The molecule has 6 heteroatoms. The van der Waals surface area contributed by atoms with Crippen molar-refractivity contribution >= 4 is 17.4 Å². The van der Waals surface area contributed by atoms with E-state index in [0.29, 0.717) is 16.8 Å². The Bertz CT molecular complexity index is 1140. The van der Waals surface area contributed by atoms with Crippen molar-refractivity contribution in [2.75, 3.05) is 0 Å². The second-order valence-corrected chi connectivity index (χ2v) is 7.33. The minimum Gasteiger partial charge on any atom is -0.507 e. The average molecular weight is 399 g/mol. The van der Waals surface area contributed by atoms with Crippen LogP contribution < -0.4 is 0 Å². The van der Waals surface area contributed by atoms with Crippen molar-refractivity contribution in [2.24, 2.45) is 0 Å². The number of rotatable bonds is 4. The molecule has 0 radical (unpaired) electrons. The lowest BCUT2D eigenvalue weighted by molar-refractivity contribution is -0.140. The molecule has 6 nitrogen and oxygen atoms in total. The molecular formula is C24H21N3O3. The number of hydrogen-bond donors (Lipinski definition) is 1. The highest BCUT2D eigenvalue weighted by atomic mass is 16.3. The van der Waals surface area contributed by atoms with Gasteiger partial charge in [0.15, 0.2) is 0 Å². The molecule has 2 aromatic heterocycles. The number of nitrogens with zero attached hydrogens (tertiary/aromatic N) is 3. The van der Waals surface area contributed by atoms with Crippen molar-refractivity contribution < 1.29 is 14.7 Å². The number of ketones is 1. The van der Waals surface area contributed by atoms with Crippen molar-refractivity contribution in [3.63, 3.8) is 0 Å². The van der Waals surface area contributed by atoms with Gasteiger partial charge in [-0.25, -0.2) is 0 Å². The number of amides is 1. The van der Waals surface area contributed by atoms with E-state index in [1.54, 1.807) is 48.9 Å². The molecule has 150 valence electrons. The van der Waals surface area contributed by atoms with Gasteiger partial charge in [-0.05, 0) is 60.9 Å². The zero-order chi connectivity index (χ0) is 21.3. The highest BCUT2D eigenvalue weighted by molar-refractivity contribution is 6.46. The van der Waals surface area contributed by atoms with E-state index >= 15 is 0 Å². The minimum atomic E-state index is -0.725. The molecular weight excluding hydrogens is 378 g/mol. The number of benzene rings is 1. The Labute approximate surface area is 174 Å². The van der Waals surface area contributed by atoms with Crippen LogP contribution in [0.25, 0.3) is 5.76 Å². The zero-order valence-corrected chi connectivity index (χ0v) is 16.7. The normalized spacial score (nSPS) is 18.1. The van der Waals surface area contributed by atoms with E-state index in [1.807, 2.05) is 32.0 Å². The Morgan fingerprint density at radius 2 is 1.77 bits per heavy atom. The molecule has 3 heterocycles. The molecule has 0 bridgehead atoms. The molecule has 4 rings (SSSR count).